The van der Waals surface area contributed by atoms with Crippen LogP contribution in [0.3, 0.4) is 0 Å². The summed E-state index contributed by atoms with van der Waals surface area (Å²) in [6, 6.07) is 8.10. The van der Waals surface area contributed by atoms with Crippen molar-refractivity contribution in [2.45, 2.75) is 38.2 Å². The van der Waals surface area contributed by atoms with Crippen LogP contribution >= 0.6 is 0 Å². The Kier molecular flexibility index (Phi) is 5.67. The second kappa shape index (κ2) is 7.51. The molecule has 0 heterocycles. The fourth-order valence-corrected chi connectivity index (χ4v) is 2.73. The molecule has 0 bridgehead atoms. The molecule has 0 radical (unpaired) electrons. The Bertz CT molecular complexity index is 375. The van der Waals surface area contributed by atoms with Gasteiger partial charge in [-0.2, -0.15) is 0 Å². The Hall–Kier alpha value is -1.06. The van der Waals surface area contributed by atoms with Crippen molar-refractivity contribution in [3.05, 3.63) is 29.8 Å². The van der Waals surface area contributed by atoms with Crippen molar-refractivity contribution in [3.8, 4) is 5.75 Å². The summed E-state index contributed by atoms with van der Waals surface area (Å²) in [5.74, 6) is 1.67. The minimum Gasteiger partial charge on any atom is -0.493 e. The molecule has 1 aromatic rings. The van der Waals surface area contributed by atoms with E-state index in [9.17, 15) is 5.11 Å². The standard InChI is InChI=1S/C16H25NO2/c1-17-11-15(18)9-14-7-4-8-16(10-14)19-12-13-5-2-3-6-13/h4,7-8,10,13,15,17-18H,2-3,5-6,9,11-12H2,1H3/t15-/m0/s1. The van der Waals surface area contributed by atoms with Crippen molar-refractivity contribution in [1.29, 1.82) is 0 Å². The zero-order chi connectivity index (χ0) is 13.5. The minimum absolute atomic E-state index is 0.338. The highest BCUT2D eigenvalue weighted by Crippen LogP contribution is 2.25. The Morgan fingerprint density at radius 2 is 2.16 bits per heavy atom. The topological polar surface area (TPSA) is 41.5 Å². The predicted molar refractivity (Wildman–Crippen MR) is 77.5 cm³/mol. The summed E-state index contributed by atoms with van der Waals surface area (Å²) in [5.41, 5.74) is 1.13. The molecule has 106 valence electrons. The maximum atomic E-state index is 9.79. The van der Waals surface area contributed by atoms with Gasteiger partial charge >= 0.3 is 0 Å². The summed E-state index contributed by atoms with van der Waals surface area (Å²) < 4.78 is 5.87. The van der Waals surface area contributed by atoms with Gasteiger partial charge in [-0.1, -0.05) is 25.0 Å². The van der Waals surface area contributed by atoms with E-state index in [2.05, 4.69) is 5.32 Å². The molecule has 2 rings (SSSR count). The molecule has 3 nitrogen and oxygen atoms in total. The third-order valence-electron chi connectivity index (χ3n) is 3.77. The summed E-state index contributed by atoms with van der Waals surface area (Å²) >= 11 is 0. The number of nitrogens with one attached hydrogen (secondary N) is 1. The van der Waals surface area contributed by atoms with Crippen molar-refractivity contribution in [2.24, 2.45) is 5.92 Å². The van der Waals surface area contributed by atoms with Crippen LogP contribution in [0.25, 0.3) is 0 Å². The summed E-state index contributed by atoms with van der Waals surface area (Å²) in [7, 11) is 1.85. The summed E-state index contributed by atoms with van der Waals surface area (Å²) in [4.78, 5) is 0. The van der Waals surface area contributed by atoms with E-state index in [1.54, 1.807) is 0 Å². The normalized spacial score (nSPS) is 17.6. The number of benzene rings is 1. The molecule has 0 saturated heterocycles. The van der Waals surface area contributed by atoms with Crippen molar-refractivity contribution in [1.82, 2.24) is 5.32 Å². The van der Waals surface area contributed by atoms with Crippen LogP contribution in [0.15, 0.2) is 24.3 Å². The number of aliphatic hydroxyl groups excluding tert-OH is 1. The Balaban J connectivity index is 1.83. The smallest absolute Gasteiger partial charge is 0.119 e. The van der Waals surface area contributed by atoms with Crippen LogP contribution in [0, 0.1) is 5.92 Å². The predicted octanol–water partition coefficient (Wildman–Crippen LogP) is 2.38. The van der Waals surface area contributed by atoms with Gasteiger partial charge in [-0.15, -0.1) is 0 Å². The Labute approximate surface area is 116 Å². The average Bonchev–Trinajstić information content (AvgIpc) is 2.90. The molecular weight excluding hydrogens is 238 g/mol. The van der Waals surface area contributed by atoms with Gasteiger partial charge in [0.15, 0.2) is 0 Å². The molecule has 1 aliphatic rings. The quantitative estimate of drug-likeness (QED) is 0.793. The number of ether oxygens (including phenoxy) is 1. The Morgan fingerprint density at radius 1 is 1.37 bits per heavy atom. The van der Waals surface area contributed by atoms with Gasteiger partial charge in [-0.05, 0) is 49.9 Å². The number of rotatable bonds is 7. The lowest BCUT2D eigenvalue weighted by molar-refractivity contribution is 0.174. The first kappa shape index (κ1) is 14.4. The van der Waals surface area contributed by atoms with Gasteiger partial charge in [0.25, 0.3) is 0 Å². The van der Waals surface area contributed by atoms with Crippen LogP contribution in [-0.2, 0) is 6.42 Å². The molecule has 1 aromatic carbocycles. The molecule has 19 heavy (non-hydrogen) atoms. The molecule has 0 amide bonds. The lowest BCUT2D eigenvalue weighted by atomic mass is 10.1. The number of hydrogen-bond donors (Lipinski definition) is 2. The van der Waals surface area contributed by atoms with Crippen LogP contribution < -0.4 is 10.1 Å². The summed E-state index contributed by atoms with van der Waals surface area (Å²) in [5, 5.41) is 12.8. The van der Waals surface area contributed by atoms with E-state index in [4.69, 9.17) is 4.74 Å². The third-order valence-corrected chi connectivity index (χ3v) is 3.77. The highest BCUT2D eigenvalue weighted by molar-refractivity contribution is 5.29. The zero-order valence-electron chi connectivity index (χ0n) is 11.8. The van der Waals surface area contributed by atoms with Gasteiger partial charge in [-0.3, -0.25) is 0 Å². The van der Waals surface area contributed by atoms with Crippen LogP contribution in [0.4, 0.5) is 0 Å². The summed E-state index contributed by atoms with van der Waals surface area (Å²) in [6.07, 6.45) is 5.65. The summed E-state index contributed by atoms with van der Waals surface area (Å²) in [6.45, 7) is 1.45. The fourth-order valence-electron chi connectivity index (χ4n) is 2.73. The van der Waals surface area contributed by atoms with E-state index in [-0.39, 0.29) is 6.10 Å². The van der Waals surface area contributed by atoms with Gasteiger partial charge in [0.05, 0.1) is 12.7 Å². The van der Waals surface area contributed by atoms with Gasteiger partial charge in [0.1, 0.15) is 5.75 Å². The van der Waals surface area contributed by atoms with Crippen LogP contribution in [-0.4, -0.2) is 31.4 Å². The maximum Gasteiger partial charge on any atom is 0.119 e. The van der Waals surface area contributed by atoms with Crippen LogP contribution in [0.5, 0.6) is 5.75 Å². The average molecular weight is 263 g/mol. The number of aliphatic hydroxyl groups is 1. The largest absolute Gasteiger partial charge is 0.493 e. The lowest BCUT2D eigenvalue weighted by Gasteiger charge is -2.13. The molecule has 0 unspecified atom stereocenters. The van der Waals surface area contributed by atoms with Crippen LogP contribution in [0.1, 0.15) is 31.2 Å². The van der Waals surface area contributed by atoms with Crippen molar-refractivity contribution >= 4 is 0 Å². The van der Waals surface area contributed by atoms with Gasteiger partial charge in [-0.25, -0.2) is 0 Å². The highest BCUT2D eigenvalue weighted by Gasteiger charge is 2.15. The van der Waals surface area contributed by atoms with Crippen molar-refractivity contribution in [2.75, 3.05) is 20.2 Å². The van der Waals surface area contributed by atoms with E-state index in [1.165, 1.54) is 25.7 Å². The van der Waals surface area contributed by atoms with Crippen molar-refractivity contribution in [3.63, 3.8) is 0 Å². The van der Waals surface area contributed by atoms with E-state index < -0.39 is 0 Å². The highest BCUT2D eigenvalue weighted by atomic mass is 16.5. The molecule has 2 N–H and O–H groups in total. The zero-order valence-corrected chi connectivity index (χ0v) is 11.8. The Morgan fingerprint density at radius 3 is 2.89 bits per heavy atom. The van der Waals surface area contributed by atoms with Crippen molar-refractivity contribution < 1.29 is 9.84 Å². The second-order valence-corrected chi connectivity index (χ2v) is 5.52. The van der Waals surface area contributed by atoms with E-state index >= 15 is 0 Å². The fraction of sp³-hybridized carbons (Fsp3) is 0.625. The lowest BCUT2D eigenvalue weighted by Crippen LogP contribution is -2.25. The minimum atomic E-state index is -0.338. The van der Waals surface area contributed by atoms with E-state index in [0.717, 1.165) is 23.8 Å². The van der Waals surface area contributed by atoms with Gasteiger partial charge < -0.3 is 15.2 Å². The molecule has 3 heteroatoms. The number of likely N-dealkylation sites (N-methyl/N-ethyl adjacent to an activating group) is 1. The molecule has 1 aliphatic carbocycles. The van der Waals surface area contributed by atoms with E-state index in [1.807, 2.05) is 31.3 Å². The molecule has 0 aliphatic heterocycles. The van der Waals surface area contributed by atoms with E-state index in [0.29, 0.717) is 13.0 Å². The maximum absolute atomic E-state index is 9.79. The molecule has 1 saturated carbocycles. The molecule has 0 spiro atoms. The van der Waals surface area contributed by atoms with Gasteiger partial charge in [0, 0.05) is 6.54 Å². The second-order valence-electron chi connectivity index (χ2n) is 5.52. The molecule has 0 aromatic heterocycles. The molecule has 1 fully saturated rings. The number of hydrogen-bond acceptors (Lipinski definition) is 3. The van der Waals surface area contributed by atoms with Crippen LogP contribution in [0.2, 0.25) is 0 Å². The third kappa shape index (κ3) is 4.84. The SMILES string of the molecule is CNC[C@@H](O)Cc1cccc(OCC2CCCC2)c1. The molecular formula is C16H25NO2. The first-order valence-electron chi connectivity index (χ1n) is 7.32. The molecule has 1 atom stereocenters. The van der Waals surface area contributed by atoms with Gasteiger partial charge in [0.2, 0.25) is 0 Å². The monoisotopic (exact) mass is 263 g/mol. The first-order valence-corrected chi connectivity index (χ1v) is 7.32. The first-order chi connectivity index (χ1) is 9.28.